The first-order valence-corrected chi connectivity index (χ1v) is 10.8. The van der Waals surface area contributed by atoms with Gasteiger partial charge in [0.2, 0.25) is 5.82 Å². The molecule has 4 aromatic rings. The third-order valence-corrected chi connectivity index (χ3v) is 6.20. The smallest absolute Gasteiger partial charge is 0.262 e. The van der Waals surface area contributed by atoms with E-state index in [0.717, 1.165) is 37.4 Å². The summed E-state index contributed by atoms with van der Waals surface area (Å²) in [7, 11) is 0. The van der Waals surface area contributed by atoms with Gasteiger partial charge in [-0.15, -0.1) is 11.3 Å². The van der Waals surface area contributed by atoms with Crippen LogP contribution in [-0.4, -0.2) is 44.2 Å². The molecule has 152 valence electrons. The number of benzene rings is 1. The molecule has 1 aliphatic heterocycles. The van der Waals surface area contributed by atoms with Crippen LogP contribution >= 0.6 is 11.3 Å². The highest BCUT2D eigenvalue weighted by Gasteiger charge is 2.26. The minimum Gasteiger partial charge on any atom is -0.488 e. The maximum atomic E-state index is 6.36. The normalized spacial score (nSPS) is 16.8. The molecule has 1 unspecified atom stereocenters. The average molecular weight is 420 g/mol. The lowest BCUT2D eigenvalue weighted by atomic mass is 10.2. The van der Waals surface area contributed by atoms with Crippen LogP contribution in [0, 0.1) is 6.92 Å². The van der Waals surface area contributed by atoms with Crippen LogP contribution in [0.2, 0.25) is 0 Å². The summed E-state index contributed by atoms with van der Waals surface area (Å²) >= 11 is 1.82. The van der Waals surface area contributed by atoms with E-state index in [1.165, 1.54) is 10.4 Å². The van der Waals surface area contributed by atoms with Crippen molar-refractivity contribution in [1.82, 2.24) is 25.0 Å². The van der Waals surface area contributed by atoms with Gasteiger partial charge in [0.15, 0.2) is 0 Å². The van der Waals surface area contributed by atoms with E-state index < -0.39 is 0 Å². The Morgan fingerprint density at radius 3 is 3.00 bits per heavy atom. The Bertz CT molecular complexity index is 1130. The molecule has 1 aliphatic rings. The predicted molar refractivity (Wildman–Crippen MR) is 114 cm³/mol. The van der Waals surface area contributed by atoms with Crippen LogP contribution in [0.3, 0.4) is 0 Å². The van der Waals surface area contributed by atoms with E-state index in [2.05, 4.69) is 43.4 Å². The zero-order chi connectivity index (χ0) is 20.3. The quantitative estimate of drug-likeness (QED) is 0.463. The van der Waals surface area contributed by atoms with Crippen LogP contribution in [0.25, 0.3) is 23.0 Å². The van der Waals surface area contributed by atoms with Crippen molar-refractivity contribution in [3.05, 3.63) is 64.7 Å². The van der Waals surface area contributed by atoms with Gasteiger partial charge >= 0.3 is 0 Å². The number of ether oxygens (including phenoxy) is 1. The lowest BCUT2D eigenvalue weighted by Gasteiger charge is -2.17. The number of hydrogen-bond donors (Lipinski definition) is 0. The standard InChI is InChI=1S/C22H21N5O2S/c1-15-7-11-30-20(15)14-27-10-6-16(13-27)28-19-5-3-2-4-17(19)22-25-21(26-29-22)18-12-23-8-9-24-18/h2-5,7-9,11-12,16H,6,10,13-14H2,1H3. The van der Waals surface area contributed by atoms with Crippen LogP contribution in [0.4, 0.5) is 0 Å². The Balaban J connectivity index is 1.30. The Morgan fingerprint density at radius 1 is 1.23 bits per heavy atom. The number of likely N-dealkylation sites (tertiary alicyclic amines) is 1. The first-order valence-electron chi connectivity index (χ1n) is 9.88. The van der Waals surface area contributed by atoms with E-state index in [1.54, 1.807) is 18.6 Å². The van der Waals surface area contributed by atoms with Gasteiger partial charge in [0.05, 0.1) is 11.8 Å². The van der Waals surface area contributed by atoms with Gasteiger partial charge < -0.3 is 9.26 Å². The lowest BCUT2D eigenvalue weighted by molar-refractivity contribution is 0.199. The molecule has 8 heteroatoms. The molecule has 4 heterocycles. The number of para-hydroxylation sites is 1. The monoisotopic (exact) mass is 419 g/mol. The topological polar surface area (TPSA) is 77.2 Å². The summed E-state index contributed by atoms with van der Waals surface area (Å²) in [6.07, 6.45) is 5.95. The molecular weight excluding hydrogens is 398 g/mol. The Kier molecular flexibility index (Phi) is 5.25. The van der Waals surface area contributed by atoms with Crippen molar-refractivity contribution in [3.63, 3.8) is 0 Å². The molecule has 7 nitrogen and oxygen atoms in total. The molecule has 0 radical (unpaired) electrons. The summed E-state index contributed by atoms with van der Waals surface area (Å²) in [5, 5.41) is 6.20. The summed E-state index contributed by atoms with van der Waals surface area (Å²) in [5.74, 6) is 1.58. The minimum absolute atomic E-state index is 0.133. The maximum Gasteiger partial charge on any atom is 0.262 e. The Hall–Kier alpha value is -3.10. The summed E-state index contributed by atoms with van der Waals surface area (Å²) in [6.45, 7) is 5.09. The highest BCUT2D eigenvalue weighted by atomic mass is 32.1. The highest BCUT2D eigenvalue weighted by molar-refractivity contribution is 7.10. The second kappa shape index (κ2) is 8.33. The fourth-order valence-electron chi connectivity index (χ4n) is 3.58. The first-order chi connectivity index (χ1) is 14.8. The molecule has 1 fully saturated rings. The van der Waals surface area contributed by atoms with Crippen LogP contribution in [0.1, 0.15) is 16.9 Å². The fraction of sp³-hybridized carbons (Fsp3) is 0.273. The molecule has 0 bridgehead atoms. The van der Waals surface area contributed by atoms with Crippen LogP contribution < -0.4 is 4.74 Å². The molecule has 1 atom stereocenters. The number of aryl methyl sites for hydroxylation is 1. The fourth-order valence-corrected chi connectivity index (χ4v) is 4.53. The summed E-state index contributed by atoms with van der Waals surface area (Å²) in [6, 6.07) is 9.97. The molecule has 0 saturated carbocycles. The molecule has 1 saturated heterocycles. The van der Waals surface area contributed by atoms with Crippen LogP contribution in [0.5, 0.6) is 5.75 Å². The molecule has 0 spiro atoms. The number of rotatable bonds is 6. The third kappa shape index (κ3) is 3.96. The lowest BCUT2D eigenvalue weighted by Crippen LogP contribution is -2.24. The van der Waals surface area contributed by atoms with E-state index in [9.17, 15) is 0 Å². The Labute approximate surface area is 178 Å². The van der Waals surface area contributed by atoms with Crippen molar-refractivity contribution in [2.75, 3.05) is 13.1 Å². The molecule has 5 rings (SSSR count). The zero-order valence-electron chi connectivity index (χ0n) is 16.6. The van der Waals surface area contributed by atoms with Crippen molar-refractivity contribution in [2.45, 2.75) is 26.0 Å². The zero-order valence-corrected chi connectivity index (χ0v) is 17.4. The largest absolute Gasteiger partial charge is 0.488 e. The van der Waals surface area contributed by atoms with Crippen LogP contribution in [0.15, 0.2) is 58.8 Å². The van der Waals surface area contributed by atoms with Crippen molar-refractivity contribution in [3.8, 4) is 28.7 Å². The number of aromatic nitrogens is 4. The van der Waals surface area contributed by atoms with Crippen LogP contribution in [-0.2, 0) is 6.54 Å². The molecule has 1 aromatic carbocycles. The van der Waals surface area contributed by atoms with Gasteiger partial charge in [-0.1, -0.05) is 17.3 Å². The number of nitrogens with zero attached hydrogens (tertiary/aromatic N) is 5. The van der Waals surface area contributed by atoms with E-state index in [1.807, 2.05) is 35.6 Å². The Morgan fingerprint density at radius 2 is 2.17 bits per heavy atom. The second-order valence-electron chi connectivity index (χ2n) is 7.30. The van der Waals surface area contributed by atoms with Gasteiger partial charge in [-0.05, 0) is 42.5 Å². The van der Waals surface area contributed by atoms with Crippen molar-refractivity contribution in [1.29, 1.82) is 0 Å². The molecule has 0 aliphatic carbocycles. The number of hydrogen-bond acceptors (Lipinski definition) is 8. The first kappa shape index (κ1) is 18.9. The minimum atomic E-state index is 0.133. The summed E-state index contributed by atoms with van der Waals surface area (Å²) < 4.78 is 11.9. The van der Waals surface area contributed by atoms with Crippen molar-refractivity contribution in [2.24, 2.45) is 0 Å². The third-order valence-electron chi connectivity index (χ3n) is 5.19. The second-order valence-corrected chi connectivity index (χ2v) is 8.30. The van der Waals surface area contributed by atoms with Gasteiger partial charge in [-0.2, -0.15) is 4.98 Å². The van der Waals surface area contributed by atoms with Crippen molar-refractivity contribution >= 4 is 11.3 Å². The summed E-state index contributed by atoms with van der Waals surface area (Å²) in [4.78, 5) is 16.6. The molecule has 0 amide bonds. The maximum absolute atomic E-state index is 6.36. The number of thiophene rings is 1. The average Bonchev–Trinajstić information content (AvgIpc) is 3.52. The molecule has 30 heavy (non-hydrogen) atoms. The van der Waals surface area contributed by atoms with Crippen molar-refractivity contribution < 1.29 is 9.26 Å². The molecule has 3 aromatic heterocycles. The van der Waals surface area contributed by atoms with Gasteiger partial charge in [-0.25, -0.2) is 4.98 Å². The van der Waals surface area contributed by atoms with E-state index in [4.69, 9.17) is 9.26 Å². The van der Waals surface area contributed by atoms with Gasteiger partial charge in [0.25, 0.3) is 5.89 Å². The SMILES string of the molecule is Cc1ccsc1CN1CCC(Oc2ccccc2-c2nc(-c3cnccn3)no2)C1. The van der Waals surface area contributed by atoms with E-state index in [0.29, 0.717) is 17.4 Å². The highest BCUT2D eigenvalue weighted by Crippen LogP contribution is 2.32. The van der Waals surface area contributed by atoms with Gasteiger partial charge in [0.1, 0.15) is 17.5 Å². The van der Waals surface area contributed by atoms with E-state index in [-0.39, 0.29) is 6.10 Å². The summed E-state index contributed by atoms with van der Waals surface area (Å²) in [5.41, 5.74) is 2.72. The molecule has 0 N–H and O–H groups in total. The molecular formula is C22H21N5O2S. The van der Waals surface area contributed by atoms with E-state index >= 15 is 0 Å². The van der Waals surface area contributed by atoms with Gasteiger partial charge in [0, 0.05) is 36.9 Å². The van der Waals surface area contributed by atoms with Gasteiger partial charge in [-0.3, -0.25) is 9.88 Å². The predicted octanol–water partition coefficient (Wildman–Crippen LogP) is 4.22.